The third-order valence-electron chi connectivity index (χ3n) is 2.26. The highest BCUT2D eigenvalue weighted by Gasteiger charge is 2.09. The zero-order chi connectivity index (χ0) is 13.0. The zero-order valence-corrected chi connectivity index (χ0v) is 11.6. The number of amides is 1. The van der Waals surface area contributed by atoms with Crippen LogP contribution in [0.15, 0.2) is 22.2 Å². The number of carbonyl (C=O) groups excluding carboxylic acids is 1. The molecule has 4 nitrogen and oxygen atoms in total. The number of thiazole rings is 1. The van der Waals surface area contributed by atoms with Crippen LogP contribution >= 0.6 is 22.7 Å². The van der Waals surface area contributed by atoms with Crippen LogP contribution in [0.5, 0.6) is 0 Å². The van der Waals surface area contributed by atoms with Crippen molar-refractivity contribution in [3.05, 3.63) is 27.9 Å². The molecule has 0 aromatic carbocycles. The van der Waals surface area contributed by atoms with E-state index in [4.69, 9.17) is 5.11 Å². The molecule has 2 rings (SSSR count). The average molecular weight is 282 g/mol. The Morgan fingerprint density at radius 2 is 2.39 bits per heavy atom. The molecule has 0 aliphatic rings. The highest BCUT2D eigenvalue weighted by molar-refractivity contribution is 7.14. The minimum atomic E-state index is -0.522. The van der Waals surface area contributed by atoms with Crippen LogP contribution in [-0.2, 0) is 11.2 Å². The predicted molar refractivity (Wildman–Crippen MR) is 73.8 cm³/mol. The first-order valence-electron chi connectivity index (χ1n) is 5.57. The summed E-state index contributed by atoms with van der Waals surface area (Å²) < 4.78 is 0. The van der Waals surface area contributed by atoms with Gasteiger partial charge in [-0.1, -0.05) is 0 Å². The molecule has 0 unspecified atom stereocenters. The number of thiophene rings is 1. The second kappa shape index (κ2) is 6.08. The van der Waals surface area contributed by atoms with Gasteiger partial charge in [-0.25, -0.2) is 4.98 Å². The third kappa shape index (κ3) is 3.63. The Morgan fingerprint density at radius 1 is 1.56 bits per heavy atom. The van der Waals surface area contributed by atoms with Gasteiger partial charge in [-0.3, -0.25) is 4.79 Å². The number of aliphatic hydroxyl groups excluding tert-OH is 1. The first-order chi connectivity index (χ1) is 8.65. The number of aromatic nitrogens is 1. The fraction of sp³-hybridized carbons (Fsp3) is 0.333. The number of aliphatic hydroxyl groups is 1. The molecule has 0 radical (unpaired) electrons. The van der Waals surface area contributed by atoms with Crippen LogP contribution in [0.2, 0.25) is 0 Å². The van der Waals surface area contributed by atoms with Gasteiger partial charge in [-0.05, 0) is 18.4 Å². The molecule has 0 aliphatic carbocycles. The Bertz CT molecular complexity index is 506. The summed E-state index contributed by atoms with van der Waals surface area (Å²) in [6, 6.07) is 2.01. The predicted octanol–water partition coefficient (Wildman–Crippen LogP) is 1.91. The van der Waals surface area contributed by atoms with E-state index in [-0.39, 0.29) is 18.9 Å². The summed E-state index contributed by atoms with van der Waals surface area (Å²) in [5.74, 6) is -0.113. The van der Waals surface area contributed by atoms with Crippen molar-refractivity contribution in [3.63, 3.8) is 0 Å². The Balaban J connectivity index is 1.93. The number of rotatable bonds is 5. The Labute approximate surface area is 113 Å². The smallest absolute Gasteiger partial charge is 0.226 e. The summed E-state index contributed by atoms with van der Waals surface area (Å²) in [4.78, 5) is 16.0. The van der Waals surface area contributed by atoms with Crippen LogP contribution in [0.4, 0.5) is 0 Å². The van der Waals surface area contributed by atoms with Gasteiger partial charge in [0.1, 0.15) is 5.01 Å². The molecule has 1 amide bonds. The quantitative estimate of drug-likeness (QED) is 0.880. The van der Waals surface area contributed by atoms with E-state index in [1.807, 2.05) is 22.2 Å². The highest BCUT2D eigenvalue weighted by atomic mass is 32.1. The van der Waals surface area contributed by atoms with Crippen molar-refractivity contribution < 1.29 is 9.90 Å². The molecule has 0 saturated heterocycles. The maximum Gasteiger partial charge on any atom is 0.226 e. The summed E-state index contributed by atoms with van der Waals surface area (Å²) in [6.07, 6.45) is -0.265. The minimum absolute atomic E-state index is 0.113. The first kappa shape index (κ1) is 13.2. The van der Waals surface area contributed by atoms with E-state index in [0.717, 1.165) is 16.3 Å². The van der Waals surface area contributed by atoms with Crippen LogP contribution in [0, 0.1) is 0 Å². The van der Waals surface area contributed by atoms with Crippen LogP contribution in [-0.4, -0.2) is 28.6 Å². The van der Waals surface area contributed by atoms with Crippen molar-refractivity contribution >= 4 is 28.6 Å². The Kier molecular flexibility index (Phi) is 4.46. The molecule has 0 spiro atoms. The molecule has 0 saturated carbocycles. The molecule has 6 heteroatoms. The highest BCUT2D eigenvalue weighted by Crippen LogP contribution is 2.25. The van der Waals surface area contributed by atoms with Crippen LogP contribution < -0.4 is 5.32 Å². The third-order valence-corrected chi connectivity index (χ3v) is 3.88. The van der Waals surface area contributed by atoms with E-state index in [1.165, 1.54) is 11.3 Å². The van der Waals surface area contributed by atoms with Gasteiger partial charge >= 0.3 is 0 Å². The number of nitrogens with one attached hydrogen (secondary N) is 1. The maximum absolute atomic E-state index is 11.6. The van der Waals surface area contributed by atoms with E-state index in [9.17, 15) is 4.79 Å². The van der Waals surface area contributed by atoms with Gasteiger partial charge < -0.3 is 10.4 Å². The minimum Gasteiger partial charge on any atom is -0.392 e. The van der Waals surface area contributed by atoms with Gasteiger partial charge in [-0.15, -0.1) is 11.3 Å². The van der Waals surface area contributed by atoms with Gasteiger partial charge in [-0.2, -0.15) is 11.3 Å². The van der Waals surface area contributed by atoms with Crippen molar-refractivity contribution in [1.29, 1.82) is 0 Å². The molecular weight excluding hydrogens is 268 g/mol. The molecule has 2 heterocycles. The summed E-state index contributed by atoms with van der Waals surface area (Å²) in [5, 5.41) is 18.6. The number of hydrogen-bond donors (Lipinski definition) is 2. The van der Waals surface area contributed by atoms with Crippen LogP contribution in [0.25, 0.3) is 10.6 Å². The monoisotopic (exact) mass is 282 g/mol. The van der Waals surface area contributed by atoms with Gasteiger partial charge in [0.15, 0.2) is 0 Å². The molecule has 1 atom stereocenters. The lowest BCUT2D eigenvalue weighted by Gasteiger charge is -2.05. The number of nitrogens with zero attached hydrogens (tertiary/aromatic N) is 1. The van der Waals surface area contributed by atoms with Crippen molar-refractivity contribution in [1.82, 2.24) is 10.3 Å². The topological polar surface area (TPSA) is 62.2 Å². The molecule has 0 bridgehead atoms. The first-order valence-corrected chi connectivity index (χ1v) is 7.39. The fourth-order valence-corrected chi connectivity index (χ4v) is 2.93. The Morgan fingerprint density at radius 3 is 3.06 bits per heavy atom. The van der Waals surface area contributed by atoms with Gasteiger partial charge in [0.25, 0.3) is 0 Å². The summed E-state index contributed by atoms with van der Waals surface area (Å²) >= 11 is 3.17. The van der Waals surface area contributed by atoms with Crippen molar-refractivity contribution in [2.24, 2.45) is 0 Å². The summed E-state index contributed by atoms with van der Waals surface area (Å²) in [5.41, 5.74) is 1.87. The van der Waals surface area contributed by atoms with E-state index >= 15 is 0 Å². The zero-order valence-electron chi connectivity index (χ0n) is 9.92. The molecule has 2 N–H and O–H groups in total. The van der Waals surface area contributed by atoms with E-state index in [0.29, 0.717) is 0 Å². The summed E-state index contributed by atoms with van der Waals surface area (Å²) in [6.45, 7) is 1.91. The van der Waals surface area contributed by atoms with Crippen LogP contribution in [0.3, 0.4) is 0 Å². The molecule has 96 valence electrons. The van der Waals surface area contributed by atoms with Crippen LogP contribution in [0.1, 0.15) is 12.6 Å². The average Bonchev–Trinajstić information content (AvgIpc) is 2.95. The molecule has 2 aromatic heterocycles. The molecule has 2 aromatic rings. The second-order valence-corrected chi connectivity index (χ2v) is 5.62. The van der Waals surface area contributed by atoms with Gasteiger partial charge in [0, 0.05) is 22.9 Å². The van der Waals surface area contributed by atoms with E-state index < -0.39 is 6.10 Å². The molecule has 18 heavy (non-hydrogen) atoms. The lowest BCUT2D eigenvalue weighted by molar-refractivity contribution is -0.120. The van der Waals surface area contributed by atoms with Crippen molar-refractivity contribution in [2.45, 2.75) is 19.4 Å². The molecular formula is C12H14N2O2S2. The maximum atomic E-state index is 11.6. The lowest BCUT2D eigenvalue weighted by Crippen LogP contribution is -2.31. The van der Waals surface area contributed by atoms with E-state index in [2.05, 4.69) is 10.3 Å². The SMILES string of the molecule is C[C@@H](O)CNC(=O)Cc1csc(-c2ccsc2)n1. The Hall–Kier alpha value is -1.24. The lowest BCUT2D eigenvalue weighted by atomic mass is 10.3. The second-order valence-electron chi connectivity index (χ2n) is 3.99. The molecule has 0 aliphatic heterocycles. The summed E-state index contributed by atoms with van der Waals surface area (Å²) in [7, 11) is 0. The van der Waals surface area contributed by atoms with Crippen molar-refractivity contribution in [3.8, 4) is 10.6 Å². The van der Waals surface area contributed by atoms with Gasteiger partial charge in [0.2, 0.25) is 5.91 Å². The standard InChI is InChI=1S/C12H14N2O2S2/c1-8(15)5-13-11(16)4-10-7-18-12(14-10)9-2-3-17-6-9/h2-3,6-8,15H,4-5H2,1H3,(H,13,16)/t8-/m1/s1. The van der Waals surface area contributed by atoms with E-state index in [1.54, 1.807) is 18.3 Å². The number of hydrogen-bond acceptors (Lipinski definition) is 5. The number of carbonyl (C=O) groups is 1. The fourth-order valence-electron chi connectivity index (χ4n) is 1.40. The van der Waals surface area contributed by atoms with Gasteiger partial charge in [0.05, 0.1) is 18.2 Å². The normalized spacial score (nSPS) is 12.3. The van der Waals surface area contributed by atoms with Crippen molar-refractivity contribution in [2.75, 3.05) is 6.54 Å². The molecule has 0 fully saturated rings. The largest absolute Gasteiger partial charge is 0.392 e.